The molecule has 0 fully saturated rings. The van der Waals surface area contributed by atoms with Crippen molar-refractivity contribution in [3.8, 4) is 5.75 Å². The van der Waals surface area contributed by atoms with Crippen molar-refractivity contribution in [3.05, 3.63) is 86.9 Å². The van der Waals surface area contributed by atoms with E-state index in [0.717, 1.165) is 12.1 Å². The number of benzene rings is 2. The summed E-state index contributed by atoms with van der Waals surface area (Å²) in [5, 5.41) is 44.5. The van der Waals surface area contributed by atoms with Crippen molar-refractivity contribution < 1.29 is 48.0 Å². The van der Waals surface area contributed by atoms with Crippen LogP contribution in [0.2, 0.25) is 0 Å². The van der Waals surface area contributed by atoms with Gasteiger partial charge in [-0.25, -0.2) is 0 Å². The first kappa shape index (κ1) is 29.1. The first-order valence-corrected chi connectivity index (χ1v) is 12.9. The Hall–Kier alpha value is -4.42. The van der Waals surface area contributed by atoms with E-state index < -0.39 is 75.5 Å². The Morgan fingerprint density at radius 3 is 2.26 bits per heavy atom. The minimum atomic E-state index is -4.48. The molecule has 42 heavy (non-hydrogen) atoms. The van der Waals surface area contributed by atoms with Gasteiger partial charge in [0.15, 0.2) is 11.4 Å². The molecule has 5 rings (SSSR count). The molecule has 3 aliphatic rings. The second kappa shape index (κ2) is 9.85. The molecule has 220 valence electrons. The number of ketones is 2. The molecule has 0 radical (unpaired) electrons. The molecule has 0 heterocycles. The zero-order valence-electron chi connectivity index (χ0n) is 22.4. The van der Waals surface area contributed by atoms with Crippen LogP contribution in [0.3, 0.4) is 0 Å². The molecule has 0 spiro atoms. The molecule has 3 aliphatic carbocycles. The number of nitrogens with zero attached hydrogens (tertiary/aromatic N) is 1. The van der Waals surface area contributed by atoms with E-state index >= 15 is 0 Å². The smallest absolute Gasteiger partial charge is 0.416 e. The summed E-state index contributed by atoms with van der Waals surface area (Å²) in [5.74, 6) is -7.42. The van der Waals surface area contributed by atoms with Gasteiger partial charge in [-0.1, -0.05) is 30.4 Å². The van der Waals surface area contributed by atoms with E-state index in [0.29, 0.717) is 16.7 Å². The second-order valence-electron chi connectivity index (χ2n) is 10.9. The number of fused-ring (bicyclic) bond motifs is 3. The zero-order valence-corrected chi connectivity index (χ0v) is 22.4. The highest BCUT2D eigenvalue weighted by molar-refractivity contribution is 6.24. The standard InChI is InChI=1S/C30H27F3N2O7/c1-35(2)23-18-12-15-11-17-14(6-3-13-4-8-16(9-5-13)30(31,32)33)7-10-19(36)21(17)24(37)20(15)26(39)29(18,42)27(40)22(25(23)38)28(34)41/h3-10,15,18,23,36,38-39,42H,11-12H2,1-2H3,(H2,34,41)/b6-3+/t15-,18-,23+,29+/m1/s1. The third-order valence-corrected chi connectivity index (χ3v) is 8.34. The number of halogens is 3. The number of phenolic OH excluding ortho intramolecular Hbond substituents is 1. The molecule has 0 aromatic heterocycles. The quantitative estimate of drug-likeness (QED) is 0.270. The number of hydrogen-bond donors (Lipinski definition) is 5. The maximum atomic E-state index is 13.8. The fourth-order valence-corrected chi connectivity index (χ4v) is 6.40. The number of nitrogens with two attached hydrogens (primary N) is 1. The first-order chi connectivity index (χ1) is 19.6. The number of carbonyl (C=O) groups is 3. The highest BCUT2D eigenvalue weighted by Gasteiger charge is 2.63. The van der Waals surface area contributed by atoms with Crippen LogP contribution < -0.4 is 5.73 Å². The lowest BCUT2D eigenvalue weighted by atomic mass is 9.58. The van der Waals surface area contributed by atoms with Gasteiger partial charge >= 0.3 is 6.18 Å². The molecule has 6 N–H and O–H groups in total. The minimum absolute atomic E-state index is 0.0660. The fraction of sp³-hybridized carbons (Fsp3) is 0.300. The summed E-state index contributed by atoms with van der Waals surface area (Å²) in [4.78, 5) is 40.6. The number of likely N-dealkylation sites (N-methyl/N-ethyl adjacent to an activating group) is 1. The van der Waals surface area contributed by atoms with Gasteiger partial charge in [0, 0.05) is 11.5 Å². The van der Waals surface area contributed by atoms with Gasteiger partial charge in [-0.2, -0.15) is 13.2 Å². The summed E-state index contributed by atoms with van der Waals surface area (Å²) < 4.78 is 38.8. The second-order valence-corrected chi connectivity index (χ2v) is 10.9. The van der Waals surface area contributed by atoms with Crippen molar-refractivity contribution in [2.24, 2.45) is 17.6 Å². The fourth-order valence-electron chi connectivity index (χ4n) is 6.40. The summed E-state index contributed by atoms with van der Waals surface area (Å²) in [6, 6.07) is 6.15. The monoisotopic (exact) mass is 584 g/mol. The number of hydrogen-bond acceptors (Lipinski definition) is 8. The van der Waals surface area contributed by atoms with Crippen molar-refractivity contribution >= 4 is 29.6 Å². The van der Waals surface area contributed by atoms with Gasteiger partial charge in [0.05, 0.1) is 17.2 Å². The summed E-state index contributed by atoms with van der Waals surface area (Å²) in [6.45, 7) is 0. The lowest BCUT2D eigenvalue weighted by molar-refractivity contribution is -0.148. The molecule has 0 saturated heterocycles. The van der Waals surface area contributed by atoms with E-state index in [4.69, 9.17) is 5.73 Å². The molecule has 12 heteroatoms. The topological polar surface area (TPSA) is 161 Å². The Morgan fingerprint density at radius 1 is 1.05 bits per heavy atom. The van der Waals surface area contributed by atoms with Crippen LogP contribution in [-0.4, -0.2) is 68.5 Å². The normalized spacial score (nSPS) is 26.0. The molecular weight excluding hydrogens is 557 g/mol. The number of phenols is 1. The van der Waals surface area contributed by atoms with Crippen LogP contribution >= 0.6 is 0 Å². The molecule has 0 unspecified atom stereocenters. The van der Waals surface area contributed by atoms with Crippen molar-refractivity contribution in [2.45, 2.75) is 30.7 Å². The summed E-state index contributed by atoms with van der Waals surface area (Å²) >= 11 is 0. The largest absolute Gasteiger partial charge is 0.510 e. The zero-order chi connectivity index (χ0) is 30.9. The Balaban J connectivity index is 1.60. The Labute approximate surface area is 237 Å². The lowest BCUT2D eigenvalue weighted by Gasteiger charge is -2.50. The average molecular weight is 585 g/mol. The van der Waals surface area contributed by atoms with Gasteiger partial charge in [-0.3, -0.25) is 19.3 Å². The number of alkyl halides is 3. The van der Waals surface area contributed by atoms with Crippen LogP contribution in [0.4, 0.5) is 13.2 Å². The van der Waals surface area contributed by atoms with Gasteiger partial charge in [-0.05, 0) is 67.7 Å². The predicted molar refractivity (Wildman–Crippen MR) is 144 cm³/mol. The number of rotatable bonds is 4. The Bertz CT molecular complexity index is 1620. The highest BCUT2D eigenvalue weighted by atomic mass is 19.4. The van der Waals surface area contributed by atoms with Crippen molar-refractivity contribution in [1.29, 1.82) is 0 Å². The number of allylic oxidation sites excluding steroid dienone is 1. The van der Waals surface area contributed by atoms with E-state index in [1.54, 1.807) is 12.2 Å². The molecule has 9 nitrogen and oxygen atoms in total. The first-order valence-electron chi connectivity index (χ1n) is 12.9. The number of aromatic hydroxyl groups is 1. The summed E-state index contributed by atoms with van der Waals surface area (Å²) in [6.07, 6.45) is -1.33. The van der Waals surface area contributed by atoms with Gasteiger partial charge in [0.25, 0.3) is 5.91 Å². The molecular formula is C30H27F3N2O7. The van der Waals surface area contributed by atoms with E-state index in [1.165, 1.54) is 43.3 Å². The number of aliphatic hydroxyl groups is 3. The number of primary amides is 1. The number of Topliss-reactive ketones (excluding diaryl/α,β-unsaturated/α-hetero) is 2. The molecule has 1 amide bonds. The third kappa shape index (κ3) is 4.29. The Morgan fingerprint density at radius 2 is 1.69 bits per heavy atom. The molecule has 0 bridgehead atoms. The number of amides is 1. The summed E-state index contributed by atoms with van der Waals surface area (Å²) in [7, 11) is 3.07. The van der Waals surface area contributed by atoms with E-state index in [-0.39, 0.29) is 24.0 Å². The van der Waals surface area contributed by atoms with Crippen LogP contribution in [0.15, 0.2) is 59.1 Å². The molecule has 2 aromatic rings. The maximum Gasteiger partial charge on any atom is 0.416 e. The van der Waals surface area contributed by atoms with Crippen LogP contribution in [0, 0.1) is 11.8 Å². The third-order valence-electron chi connectivity index (χ3n) is 8.34. The Kier molecular flexibility index (Phi) is 6.82. The molecule has 4 atom stereocenters. The summed E-state index contributed by atoms with van der Waals surface area (Å²) in [5.41, 5.74) is 1.80. The minimum Gasteiger partial charge on any atom is -0.510 e. The van der Waals surface area contributed by atoms with E-state index in [1.807, 2.05) is 0 Å². The van der Waals surface area contributed by atoms with E-state index in [9.17, 15) is 48.0 Å². The lowest BCUT2D eigenvalue weighted by Crippen LogP contribution is -2.63. The van der Waals surface area contributed by atoms with Crippen molar-refractivity contribution in [2.75, 3.05) is 14.1 Å². The SMILES string of the molecule is CN(C)[C@@H]1C(O)=C(C(N)=O)C(=O)[C@@]2(O)C(O)=C3C(=O)c4c(O)ccc(/C=C/c5ccc(C(F)(F)F)cc5)c4C[C@@H]3C[C@H]12. The van der Waals surface area contributed by atoms with Crippen LogP contribution in [-0.2, 0) is 22.2 Å². The average Bonchev–Trinajstić information content (AvgIpc) is 2.89. The molecule has 2 aromatic carbocycles. The molecule has 0 aliphatic heterocycles. The van der Waals surface area contributed by atoms with Gasteiger partial charge in [0.1, 0.15) is 22.8 Å². The van der Waals surface area contributed by atoms with Crippen molar-refractivity contribution in [3.63, 3.8) is 0 Å². The van der Waals surface area contributed by atoms with Crippen LogP contribution in [0.1, 0.15) is 39.0 Å². The predicted octanol–water partition coefficient (Wildman–Crippen LogP) is 3.31. The number of carbonyl (C=O) groups excluding carboxylic acids is 3. The number of aliphatic hydroxyl groups excluding tert-OH is 2. The maximum absolute atomic E-state index is 13.8. The van der Waals surface area contributed by atoms with E-state index in [2.05, 4.69) is 0 Å². The van der Waals surface area contributed by atoms with Crippen LogP contribution in [0.5, 0.6) is 5.75 Å². The van der Waals surface area contributed by atoms with Gasteiger partial charge < -0.3 is 26.2 Å². The van der Waals surface area contributed by atoms with Crippen molar-refractivity contribution in [1.82, 2.24) is 4.90 Å². The van der Waals surface area contributed by atoms with Gasteiger partial charge in [-0.15, -0.1) is 0 Å². The van der Waals surface area contributed by atoms with Crippen LogP contribution in [0.25, 0.3) is 12.2 Å². The highest BCUT2D eigenvalue weighted by Crippen LogP contribution is 2.52. The molecule has 0 saturated carbocycles. The van der Waals surface area contributed by atoms with Gasteiger partial charge in [0.2, 0.25) is 5.78 Å².